The number of fused-ring (bicyclic) bond motifs is 1. The average Bonchev–Trinajstić information content (AvgIpc) is 2.62. The first-order valence-corrected chi connectivity index (χ1v) is 6.46. The molecular formula is C8H14N2O3S. The maximum atomic E-state index is 11.5. The molecule has 14 heavy (non-hydrogen) atoms. The molecule has 0 spiro atoms. The van der Waals surface area contributed by atoms with Crippen LogP contribution in [-0.4, -0.2) is 32.7 Å². The Balaban J connectivity index is 1.97. The van der Waals surface area contributed by atoms with Crippen LogP contribution in [0, 0.1) is 11.8 Å². The standard InChI is InChI=1S/C8H14N2O3S/c1-2-14(12,13)10-8(11)7-5-3-6(7)9-4-5/h5-7,9H,2-4H2,1H3,(H,10,11). The highest BCUT2D eigenvalue weighted by atomic mass is 32.2. The van der Waals surface area contributed by atoms with Gasteiger partial charge in [-0.2, -0.15) is 0 Å². The van der Waals surface area contributed by atoms with Crippen molar-refractivity contribution in [3.05, 3.63) is 0 Å². The molecule has 1 aliphatic carbocycles. The first-order valence-electron chi connectivity index (χ1n) is 4.81. The smallest absolute Gasteiger partial charge is 0.238 e. The zero-order chi connectivity index (χ0) is 10.3. The summed E-state index contributed by atoms with van der Waals surface area (Å²) >= 11 is 0. The number of carbonyl (C=O) groups excluding carboxylic acids is 1. The molecule has 6 heteroatoms. The molecule has 80 valence electrons. The van der Waals surface area contributed by atoms with Gasteiger partial charge in [-0.1, -0.05) is 0 Å². The van der Waals surface area contributed by atoms with Crippen LogP contribution in [0.3, 0.4) is 0 Å². The first-order chi connectivity index (χ1) is 6.53. The molecule has 2 bridgehead atoms. The summed E-state index contributed by atoms with van der Waals surface area (Å²) in [6, 6.07) is 0.201. The summed E-state index contributed by atoms with van der Waals surface area (Å²) in [7, 11) is -3.39. The molecular weight excluding hydrogens is 204 g/mol. The van der Waals surface area contributed by atoms with Gasteiger partial charge in [-0.15, -0.1) is 0 Å². The highest BCUT2D eigenvalue weighted by Gasteiger charge is 2.51. The van der Waals surface area contributed by atoms with Crippen LogP contribution in [0.4, 0.5) is 0 Å². The summed E-state index contributed by atoms with van der Waals surface area (Å²) in [5, 5.41) is 3.17. The number of hydrogen-bond donors (Lipinski definition) is 2. The second-order valence-electron chi connectivity index (χ2n) is 3.91. The Hall–Kier alpha value is -0.620. The minimum absolute atomic E-state index is 0.0474. The van der Waals surface area contributed by atoms with Crippen LogP contribution in [0.1, 0.15) is 13.3 Å². The number of carbonyl (C=O) groups is 1. The van der Waals surface area contributed by atoms with Crippen LogP contribution in [-0.2, 0) is 14.8 Å². The fraction of sp³-hybridized carbons (Fsp3) is 0.875. The van der Waals surface area contributed by atoms with Gasteiger partial charge < -0.3 is 5.32 Å². The molecule has 0 aromatic carbocycles. The topological polar surface area (TPSA) is 75.3 Å². The van der Waals surface area contributed by atoms with E-state index in [-0.39, 0.29) is 23.6 Å². The number of rotatable bonds is 3. The first kappa shape index (κ1) is 9.92. The third-order valence-corrected chi connectivity index (χ3v) is 4.35. The van der Waals surface area contributed by atoms with E-state index in [9.17, 15) is 13.2 Å². The van der Waals surface area contributed by atoms with Crippen LogP contribution >= 0.6 is 0 Å². The van der Waals surface area contributed by atoms with Gasteiger partial charge >= 0.3 is 0 Å². The van der Waals surface area contributed by atoms with Gasteiger partial charge in [-0.05, 0) is 25.8 Å². The number of amides is 1. The summed E-state index contributed by atoms with van der Waals surface area (Å²) < 4.78 is 24.4. The van der Waals surface area contributed by atoms with Crippen LogP contribution < -0.4 is 10.0 Å². The van der Waals surface area contributed by atoms with E-state index in [1.54, 1.807) is 0 Å². The van der Waals surface area contributed by atoms with Crippen LogP contribution in [0.5, 0.6) is 0 Å². The minimum atomic E-state index is -3.39. The van der Waals surface area contributed by atoms with Crippen LogP contribution in [0.25, 0.3) is 0 Å². The van der Waals surface area contributed by atoms with Crippen molar-refractivity contribution in [2.24, 2.45) is 11.8 Å². The molecule has 3 atom stereocenters. The molecule has 5 nitrogen and oxygen atoms in total. The quantitative estimate of drug-likeness (QED) is 0.641. The molecule has 1 saturated carbocycles. The summed E-state index contributed by atoms with van der Waals surface area (Å²) in [5.74, 6) is -0.171. The van der Waals surface area contributed by atoms with Crippen molar-refractivity contribution in [2.45, 2.75) is 19.4 Å². The van der Waals surface area contributed by atoms with Gasteiger partial charge in [0.15, 0.2) is 0 Å². The molecule has 0 aromatic heterocycles. The van der Waals surface area contributed by atoms with E-state index in [4.69, 9.17) is 0 Å². The Bertz CT molecular complexity index is 338. The van der Waals surface area contributed by atoms with Crippen LogP contribution in [0.2, 0.25) is 0 Å². The molecule has 3 rings (SSSR count). The molecule has 3 fully saturated rings. The number of hydrogen-bond acceptors (Lipinski definition) is 4. The Morgan fingerprint density at radius 2 is 2.29 bits per heavy atom. The van der Waals surface area contributed by atoms with E-state index in [1.807, 2.05) is 0 Å². The predicted octanol–water partition coefficient (Wildman–Crippen LogP) is -0.940. The van der Waals surface area contributed by atoms with Crippen molar-refractivity contribution in [1.82, 2.24) is 10.0 Å². The van der Waals surface area contributed by atoms with Crippen molar-refractivity contribution < 1.29 is 13.2 Å². The molecule has 0 radical (unpaired) electrons. The van der Waals surface area contributed by atoms with Gasteiger partial charge in [0.05, 0.1) is 11.7 Å². The number of sulfonamides is 1. The predicted molar refractivity (Wildman–Crippen MR) is 51.0 cm³/mol. The molecule has 2 N–H and O–H groups in total. The fourth-order valence-electron chi connectivity index (χ4n) is 2.17. The lowest BCUT2D eigenvalue weighted by Crippen LogP contribution is -2.49. The molecule has 2 heterocycles. The lowest BCUT2D eigenvalue weighted by atomic mass is 9.73. The van der Waals surface area contributed by atoms with Gasteiger partial charge in [0, 0.05) is 6.04 Å². The Kier molecular flexibility index (Phi) is 2.27. The second-order valence-corrected chi connectivity index (χ2v) is 5.92. The molecule has 2 aliphatic heterocycles. The maximum absolute atomic E-state index is 11.5. The highest BCUT2D eigenvalue weighted by Crippen LogP contribution is 2.40. The normalized spacial score (nSPS) is 35.1. The van der Waals surface area contributed by atoms with E-state index in [0.29, 0.717) is 5.92 Å². The largest absolute Gasteiger partial charge is 0.313 e. The van der Waals surface area contributed by atoms with Crippen molar-refractivity contribution in [3.8, 4) is 0 Å². The molecule has 2 saturated heterocycles. The van der Waals surface area contributed by atoms with E-state index in [1.165, 1.54) is 6.92 Å². The van der Waals surface area contributed by atoms with Crippen molar-refractivity contribution >= 4 is 15.9 Å². The molecule has 1 amide bonds. The van der Waals surface area contributed by atoms with Gasteiger partial charge in [-0.3, -0.25) is 9.52 Å². The van der Waals surface area contributed by atoms with E-state index in [0.717, 1.165) is 13.0 Å². The monoisotopic (exact) mass is 218 g/mol. The zero-order valence-corrected chi connectivity index (χ0v) is 8.80. The van der Waals surface area contributed by atoms with Crippen molar-refractivity contribution in [2.75, 3.05) is 12.3 Å². The van der Waals surface area contributed by atoms with E-state index >= 15 is 0 Å². The second kappa shape index (κ2) is 3.20. The van der Waals surface area contributed by atoms with Gasteiger partial charge in [-0.25, -0.2) is 8.42 Å². The highest BCUT2D eigenvalue weighted by molar-refractivity contribution is 7.90. The third kappa shape index (κ3) is 1.52. The Morgan fingerprint density at radius 1 is 1.57 bits per heavy atom. The summed E-state index contributed by atoms with van der Waals surface area (Å²) in [4.78, 5) is 11.5. The Labute approximate surface area is 83.3 Å². The zero-order valence-electron chi connectivity index (χ0n) is 7.99. The van der Waals surface area contributed by atoms with Gasteiger partial charge in [0.1, 0.15) is 0 Å². The summed E-state index contributed by atoms with van der Waals surface area (Å²) in [6.45, 7) is 2.36. The van der Waals surface area contributed by atoms with Gasteiger partial charge in [0.2, 0.25) is 15.9 Å². The number of nitrogens with one attached hydrogen (secondary N) is 2. The Morgan fingerprint density at radius 3 is 2.71 bits per heavy atom. The average molecular weight is 218 g/mol. The van der Waals surface area contributed by atoms with Crippen LogP contribution in [0.15, 0.2) is 0 Å². The van der Waals surface area contributed by atoms with Crippen molar-refractivity contribution in [1.29, 1.82) is 0 Å². The lowest BCUT2D eigenvalue weighted by Gasteiger charge is -2.32. The summed E-state index contributed by atoms with van der Waals surface area (Å²) in [5.41, 5.74) is 0. The third-order valence-electron chi connectivity index (χ3n) is 3.08. The van der Waals surface area contributed by atoms with Crippen molar-refractivity contribution in [3.63, 3.8) is 0 Å². The van der Waals surface area contributed by atoms with E-state index < -0.39 is 10.0 Å². The SMILES string of the molecule is CCS(=O)(=O)NC(=O)C1C2CNC1C2. The molecule has 0 aromatic rings. The summed E-state index contributed by atoms with van der Waals surface area (Å²) in [6.07, 6.45) is 1.00. The molecule has 3 aliphatic rings. The fourth-order valence-corrected chi connectivity index (χ4v) is 2.75. The maximum Gasteiger partial charge on any atom is 0.238 e. The minimum Gasteiger partial charge on any atom is -0.313 e. The van der Waals surface area contributed by atoms with E-state index in [2.05, 4.69) is 10.0 Å². The lowest BCUT2D eigenvalue weighted by molar-refractivity contribution is -0.127. The molecule has 3 unspecified atom stereocenters. The van der Waals surface area contributed by atoms with Gasteiger partial charge in [0.25, 0.3) is 0 Å².